The van der Waals surface area contributed by atoms with Crippen molar-refractivity contribution in [3.8, 4) is 0 Å². The molecular weight excluding hydrogens is 230 g/mol. The van der Waals surface area contributed by atoms with Gasteiger partial charge in [-0.1, -0.05) is 10.9 Å². The van der Waals surface area contributed by atoms with Crippen LogP contribution < -0.4 is 0 Å². The quantitative estimate of drug-likeness (QED) is 0.640. The Morgan fingerprint density at radius 1 is 1.31 bits per heavy atom. The summed E-state index contributed by atoms with van der Waals surface area (Å²) in [7, 11) is 0. The van der Waals surface area contributed by atoms with Crippen molar-refractivity contribution >= 4 is 11.0 Å². The molecule has 4 nitrogen and oxygen atoms in total. The summed E-state index contributed by atoms with van der Waals surface area (Å²) in [4.78, 5) is 0.250. The van der Waals surface area contributed by atoms with Crippen molar-refractivity contribution in [1.29, 1.82) is 0 Å². The average molecular weight is 235 g/mol. The van der Waals surface area contributed by atoms with Crippen molar-refractivity contribution in [3.63, 3.8) is 0 Å². The summed E-state index contributed by atoms with van der Waals surface area (Å²) in [5.41, 5.74) is -0.915. The van der Waals surface area contributed by atoms with Crippen molar-refractivity contribution in [2.75, 3.05) is 0 Å². The van der Waals surface area contributed by atoms with E-state index in [9.17, 15) is 17.6 Å². The van der Waals surface area contributed by atoms with E-state index in [1.54, 1.807) is 0 Å². The molecule has 0 atom stereocenters. The minimum Gasteiger partial charge on any atom is -0.410 e. The van der Waals surface area contributed by atoms with Crippen LogP contribution in [-0.2, 0) is 5.92 Å². The van der Waals surface area contributed by atoms with E-state index >= 15 is 0 Å². The Kier molecular flexibility index (Phi) is 2.21. The second kappa shape index (κ2) is 3.32. The maximum absolute atomic E-state index is 13.0. The van der Waals surface area contributed by atoms with Crippen molar-refractivity contribution in [3.05, 3.63) is 23.8 Å². The van der Waals surface area contributed by atoms with Crippen molar-refractivity contribution in [2.24, 2.45) is 0 Å². The monoisotopic (exact) mass is 235 g/mol. The maximum atomic E-state index is 13.0. The minimum absolute atomic E-state index is 0.135. The zero-order valence-electron chi connectivity index (χ0n) is 7.61. The van der Waals surface area contributed by atoms with Gasteiger partial charge in [0, 0.05) is 5.56 Å². The van der Waals surface area contributed by atoms with Crippen LogP contribution in [0.25, 0.3) is 11.0 Å². The van der Waals surface area contributed by atoms with Gasteiger partial charge < -0.3 is 5.21 Å². The molecular formula is C8H5F4N3O. The Bertz CT molecular complexity index is 525. The van der Waals surface area contributed by atoms with Gasteiger partial charge in [-0.2, -0.15) is 8.78 Å². The number of benzene rings is 1. The molecule has 0 bridgehead atoms. The molecule has 0 radical (unpaired) electrons. The van der Waals surface area contributed by atoms with Crippen LogP contribution in [0.1, 0.15) is 5.56 Å². The van der Waals surface area contributed by atoms with E-state index in [1.807, 2.05) is 0 Å². The van der Waals surface area contributed by atoms with E-state index in [1.165, 1.54) is 0 Å². The SMILES string of the molecule is On1nnc2ccc(C(F)(F)C(F)F)cc21. The highest BCUT2D eigenvalue weighted by Crippen LogP contribution is 2.35. The maximum Gasteiger partial charge on any atom is 0.332 e. The van der Waals surface area contributed by atoms with Crippen LogP contribution >= 0.6 is 0 Å². The largest absolute Gasteiger partial charge is 0.410 e. The van der Waals surface area contributed by atoms with Crippen LogP contribution in [0.15, 0.2) is 18.2 Å². The number of aromatic nitrogens is 3. The van der Waals surface area contributed by atoms with Gasteiger partial charge in [-0.3, -0.25) is 0 Å². The number of hydrogen-bond acceptors (Lipinski definition) is 3. The lowest BCUT2D eigenvalue weighted by molar-refractivity contribution is -0.135. The summed E-state index contributed by atoms with van der Waals surface area (Å²) in [5.74, 6) is -4.27. The zero-order valence-corrected chi connectivity index (χ0v) is 7.61. The fourth-order valence-corrected chi connectivity index (χ4v) is 1.24. The Balaban J connectivity index is 2.58. The molecule has 1 N–H and O–H groups in total. The zero-order chi connectivity index (χ0) is 11.9. The number of fused-ring (bicyclic) bond motifs is 1. The molecule has 1 aromatic heterocycles. The van der Waals surface area contributed by atoms with E-state index in [4.69, 9.17) is 5.21 Å². The van der Waals surface area contributed by atoms with Crippen molar-refractivity contribution in [1.82, 2.24) is 15.2 Å². The Labute approximate surface area is 86.0 Å². The fraction of sp³-hybridized carbons (Fsp3) is 0.250. The molecule has 0 amide bonds. The minimum atomic E-state index is -4.27. The molecule has 2 aromatic rings. The van der Waals surface area contributed by atoms with Gasteiger partial charge in [0.25, 0.3) is 0 Å². The molecule has 0 saturated heterocycles. The van der Waals surface area contributed by atoms with Gasteiger partial charge in [0.05, 0.1) is 0 Å². The molecule has 0 aliphatic rings. The van der Waals surface area contributed by atoms with Crippen molar-refractivity contribution < 1.29 is 22.8 Å². The molecule has 0 fully saturated rings. The normalized spacial score (nSPS) is 12.6. The lowest BCUT2D eigenvalue weighted by atomic mass is 10.1. The first kappa shape index (κ1) is 10.7. The molecule has 86 valence electrons. The average Bonchev–Trinajstić information content (AvgIpc) is 2.60. The molecule has 8 heteroatoms. The third-order valence-corrected chi connectivity index (χ3v) is 2.09. The van der Waals surface area contributed by atoms with Gasteiger partial charge in [-0.05, 0) is 17.3 Å². The van der Waals surface area contributed by atoms with Crippen molar-refractivity contribution in [2.45, 2.75) is 12.3 Å². The summed E-state index contributed by atoms with van der Waals surface area (Å²) < 4.78 is 50.1. The fourth-order valence-electron chi connectivity index (χ4n) is 1.24. The highest BCUT2D eigenvalue weighted by Gasteiger charge is 2.42. The predicted molar refractivity (Wildman–Crippen MR) is 44.6 cm³/mol. The Hall–Kier alpha value is -1.86. The van der Waals surface area contributed by atoms with Crippen LogP contribution in [0.3, 0.4) is 0 Å². The van der Waals surface area contributed by atoms with Crippen LogP contribution in [0.4, 0.5) is 17.6 Å². The van der Waals surface area contributed by atoms with Gasteiger partial charge in [0.15, 0.2) is 0 Å². The molecule has 2 rings (SSSR count). The number of hydrogen-bond donors (Lipinski definition) is 1. The molecule has 1 heterocycles. The van der Waals surface area contributed by atoms with E-state index in [0.717, 1.165) is 18.2 Å². The van der Waals surface area contributed by atoms with E-state index in [2.05, 4.69) is 10.3 Å². The lowest BCUT2D eigenvalue weighted by Crippen LogP contribution is -2.23. The summed E-state index contributed by atoms with van der Waals surface area (Å²) in [6.07, 6.45) is -3.81. The first-order valence-corrected chi connectivity index (χ1v) is 4.14. The second-order valence-corrected chi connectivity index (χ2v) is 3.11. The summed E-state index contributed by atoms with van der Waals surface area (Å²) in [5, 5.41) is 15.6. The molecule has 0 saturated carbocycles. The summed E-state index contributed by atoms with van der Waals surface area (Å²) in [6.45, 7) is 0. The third-order valence-electron chi connectivity index (χ3n) is 2.09. The van der Waals surface area contributed by atoms with Crippen LogP contribution in [0.5, 0.6) is 0 Å². The number of alkyl halides is 4. The number of halogens is 4. The highest BCUT2D eigenvalue weighted by atomic mass is 19.3. The Morgan fingerprint density at radius 2 is 2.00 bits per heavy atom. The van der Waals surface area contributed by atoms with Gasteiger partial charge in [-0.25, -0.2) is 8.78 Å². The first-order chi connectivity index (χ1) is 7.43. The van der Waals surface area contributed by atoms with E-state index < -0.39 is 17.9 Å². The van der Waals surface area contributed by atoms with Gasteiger partial charge in [0.1, 0.15) is 11.0 Å². The van der Waals surface area contributed by atoms with Gasteiger partial charge >= 0.3 is 12.3 Å². The molecule has 1 aromatic carbocycles. The van der Waals surface area contributed by atoms with Gasteiger partial charge in [0.2, 0.25) is 0 Å². The van der Waals surface area contributed by atoms with Gasteiger partial charge in [-0.15, -0.1) is 5.10 Å². The first-order valence-electron chi connectivity index (χ1n) is 4.14. The molecule has 0 aliphatic heterocycles. The molecule has 16 heavy (non-hydrogen) atoms. The molecule has 0 spiro atoms. The standard InChI is InChI=1S/C8H5F4N3O/c9-7(10)8(11,12)4-1-2-5-6(3-4)15(16)14-13-5/h1-3,7,16H. The third kappa shape index (κ3) is 1.46. The van der Waals surface area contributed by atoms with E-state index in [0.29, 0.717) is 0 Å². The van der Waals surface area contributed by atoms with Crippen LogP contribution in [0, 0.1) is 0 Å². The predicted octanol–water partition coefficient (Wildman–Crippen LogP) is 2.03. The number of rotatable bonds is 2. The summed E-state index contributed by atoms with van der Waals surface area (Å²) in [6, 6.07) is 2.63. The summed E-state index contributed by atoms with van der Waals surface area (Å²) >= 11 is 0. The van der Waals surface area contributed by atoms with Crippen LogP contribution in [0.2, 0.25) is 0 Å². The second-order valence-electron chi connectivity index (χ2n) is 3.11. The van der Waals surface area contributed by atoms with Crippen LogP contribution in [-0.4, -0.2) is 26.8 Å². The lowest BCUT2D eigenvalue weighted by Gasteiger charge is -2.15. The van der Waals surface area contributed by atoms with E-state index in [-0.39, 0.29) is 15.9 Å². The highest BCUT2D eigenvalue weighted by molar-refractivity contribution is 5.74. The molecule has 0 unspecified atom stereocenters. The topological polar surface area (TPSA) is 50.9 Å². The number of nitrogens with zero attached hydrogens (tertiary/aromatic N) is 3. The Morgan fingerprint density at radius 3 is 2.62 bits per heavy atom. The smallest absolute Gasteiger partial charge is 0.332 e. The molecule has 0 aliphatic carbocycles.